The number of nitrogens with zero attached hydrogens (tertiary/aromatic N) is 2. The molecule has 1 saturated heterocycles. The number of methoxy groups -OCH3 is 2. The van der Waals surface area contributed by atoms with Crippen LogP contribution in [0.1, 0.15) is 43.5 Å². The Balaban J connectivity index is 1.93. The highest BCUT2D eigenvalue weighted by Gasteiger charge is 2.29. The van der Waals surface area contributed by atoms with E-state index in [-0.39, 0.29) is 30.5 Å². The average molecular weight is 407 g/mol. The summed E-state index contributed by atoms with van der Waals surface area (Å²) in [5.41, 5.74) is 0.564. The molecule has 2 rings (SSSR count). The largest absolute Gasteiger partial charge is 0.484 e. The second kappa shape index (κ2) is 11.8. The first-order valence-corrected chi connectivity index (χ1v) is 10.3. The van der Waals surface area contributed by atoms with Gasteiger partial charge in [-0.3, -0.25) is 9.59 Å². The van der Waals surface area contributed by atoms with Gasteiger partial charge in [-0.25, -0.2) is 0 Å². The quantitative estimate of drug-likeness (QED) is 0.597. The highest BCUT2D eigenvalue weighted by molar-refractivity contribution is 5.94. The Bertz CT molecular complexity index is 631. The first kappa shape index (κ1) is 23.2. The summed E-state index contributed by atoms with van der Waals surface area (Å²) in [6.45, 7) is 6.11. The Hall–Kier alpha value is -2.12. The van der Waals surface area contributed by atoms with Gasteiger partial charge in [-0.2, -0.15) is 0 Å². The van der Waals surface area contributed by atoms with Crippen molar-refractivity contribution >= 4 is 11.8 Å². The van der Waals surface area contributed by atoms with Crippen molar-refractivity contribution in [2.45, 2.75) is 45.2 Å². The summed E-state index contributed by atoms with van der Waals surface area (Å²) in [5.74, 6) is 0.500. The Morgan fingerprint density at radius 2 is 1.55 bits per heavy atom. The number of likely N-dealkylation sites (tertiary alicyclic amines) is 1. The highest BCUT2D eigenvalue weighted by atomic mass is 16.5. The number of hydrogen-bond donors (Lipinski definition) is 0. The molecule has 2 unspecified atom stereocenters. The van der Waals surface area contributed by atoms with Crippen LogP contribution in [-0.4, -0.2) is 80.8 Å². The topological polar surface area (TPSA) is 68.3 Å². The Kier molecular flexibility index (Phi) is 9.41. The fourth-order valence-corrected chi connectivity index (χ4v) is 3.73. The van der Waals surface area contributed by atoms with Crippen LogP contribution in [0.15, 0.2) is 24.3 Å². The van der Waals surface area contributed by atoms with Crippen LogP contribution < -0.4 is 4.74 Å². The maximum atomic E-state index is 12.7. The van der Waals surface area contributed by atoms with E-state index in [1.54, 1.807) is 43.4 Å². The first-order chi connectivity index (χ1) is 14.0. The monoisotopic (exact) mass is 406 g/mol. The average Bonchev–Trinajstić information content (AvgIpc) is 2.72. The van der Waals surface area contributed by atoms with Crippen LogP contribution in [0.3, 0.4) is 0 Å². The predicted octanol–water partition coefficient (Wildman–Crippen LogP) is 2.59. The van der Waals surface area contributed by atoms with Crippen LogP contribution >= 0.6 is 0 Å². The van der Waals surface area contributed by atoms with Gasteiger partial charge >= 0.3 is 0 Å². The van der Waals surface area contributed by atoms with Crippen LogP contribution in [0.25, 0.3) is 0 Å². The van der Waals surface area contributed by atoms with E-state index in [9.17, 15) is 9.59 Å². The van der Waals surface area contributed by atoms with Crippen LogP contribution in [0.5, 0.6) is 5.75 Å². The summed E-state index contributed by atoms with van der Waals surface area (Å²) in [7, 11) is 3.22. The molecule has 0 aromatic heterocycles. The minimum absolute atomic E-state index is 0.00941. The summed E-state index contributed by atoms with van der Waals surface area (Å²) in [5, 5.41) is 0. The number of rotatable bonds is 10. The lowest BCUT2D eigenvalue weighted by Gasteiger charge is -2.38. The summed E-state index contributed by atoms with van der Waals surface area (Å²) >= 11 is 0. The smallest absolute Gasteiger partial charge is 0.260 e. The predicted molar refractivity (Wildman–Crippen MR) is 111 cm³/mol. The normalized spacial score (nSPS) is 19.1. The van der Waals surface area contributed by atoms with Gasteiger partial charge < -0.3 is 24.0 Å². The van der Waals surface area contributed by atoms with Crippen molar-refractivity contribution in [1.82, 2.24) is 9.80 Å². The fraction of sp³-hybridized carbons (Fsp3) is 0.636. The molecule has 1 aliphatic heterocycles. The maximum Gasteiger partial charge on any atom is 0.260 e. The SMILES string of the molecule is COCCN(CCOC)C(=O)c1ccc(OCC(=O)N2C(C)CCCC2C)cc1. The highest BCUT2D eigenvalue weighted by Crippen LogP contribution is 2.23. The molecule has 0 radical (unpaired) electrons. The van der Waals surface area contributed by atoms with E-state index in [0.29, 0.717) is 37.6 Å². The second-order valence-electron chi connectivity index (χ2n) is 7.52. The molecule has 29 heavy (non-hydrogen) atoms. The molecule has 1 aliphatic rings. The van der Waals surface area contributed by atoms with Crippen molar-refractivity contribution in [1.29, 1.82) is 0 Å². The third-order valence-electron chi connectivity index (χ3n) is 5.36. The van der Waals surface area contributed by atoms with Gasteiger partial charge in [0.1, 0.15) is 5.75 Å². The summed E-state index contributed by atoms with van der Waals surface area (Å²) in [6.07, 6.45) is 3.24. The fourth-order valence-electron chi connectivity index (χ4n) is 3.73. The van der Waals surface area contributed by atoms with Crippen molar-refractivity contribution in [3.63, 3.8) is 0 Å². The molecular formula is C22H34N2O5. The standard InChI is InChI=1S/C22H34N2O5/c1-17-6-5-7-18(2)24(17)21(25)16-29-20-10-8-19(9-11-20)22(26)23(12-14-27-3)13-15-28-4/h8-11,17-18H,5-7,12-16H2,1-4H3. The lowest BCUT2D eigenvalue weighted by atomic mass is 9.97. The van der Waals surface area contributed by atoms with Gasteiger partial charge in [-0.1, -0.05) is 0 Å². The van der Waals surface area contributed by atoms with E-state index in [4.69, 9.17) is 14.2 Å². The van der Waals surface area contributed by atoms with Gasteiger partial charge in [-0.05, 0) is 57.4 Å². The molecule has 1 heterocycles. The number of benzene rings is 1. The number of hydrogen-bond acceptors (Lipinski definition) is 5. The van der Waals surface area contributed by atoms with Gasteiger partial charge in [0.2, 0.25) is 0 Å². The minimum atomic E-state index is -0.0855. The second-order valence-corrected chi connectivity index (χ2v) is 7.52. The van der Waals surface area contributed by atoms with E-state index in [2.05, 4.69) is 13.8 Å². The molecule has 0 saturated carbocycles. The number of piperidine rings is 1. The number of ether oxygens (including phenoxy) is 3. The van der Waals surface area contributed by atoms with Gasteiger partial charge in [0, 0.05) is 45.0 Å². The Morgan fingerprint density at radius 1 is 1.00 bits per heavy atom. The molecule has 0 aliphatic carbocycles. The molecule has 0 N–H and O–H groups in total. The number of amides is 2. The molecule has 1 fully saturated rings. The van der Waals surface area contributed by atoms with E-state index in [1.165, 1.54) is 0 Å². The lowest BCUT2D eigenvalue weighted by Crippen LogP contribution is -2.49. The third-order valence-corrected chi connectivity index (χ3v) is 5.36. The lowest BCUT2D eigenvalue weighted by molar-refractivity contribution is -0.139. The van der Waals surface area contributed by atoms with Gasteiger partial charge in [0.15, 0.2) is 6.61 Å². The molecule has 1 aromatic carbocycles. The van der Waals surface area contributed by atoms with Crippen LogP contribution in [0.2, 0.25) is 0 Å². The molecule has 0 spiro atoms. The number of carbonyl (C=O) groups is 2. The zero-order valence-electron chi connectivity index (χ0n) is 18.1. The summed E-state index contributed by atoms with van der Waals surface area (Å²) in [4.78, 5) is 28.9. The van der Waals surface area contributed by atoms with E-state index in [1.807, 2.05) is 4.90 Å². The Morgan fingerprint density at radius 3 is 2.07 bits per heavy atom. The molecule has 2 amide bonds. The van der Waals surface area contributed by atoms with Crippen molar-refractivity contribution in [2.24, 2.45) is 0 Å². The zero-order chi connectivity index (χ0) is 21.2. The van der Waals surface area contributed by atoms with Crippen molar-refractivity contribution < 1.29 is 23.8 Å². The van der Waals surface area contributed by atoms with Crippen molar-refractivity contribution in [3.8, 4) is 5.75 Å². The van der Waals surface area contributed by atoms with E-state index >= 15 is 0 Å². The van der Waals surface area contributed by atoms with E-state index < -0.39 is 0 Å². The molecule has 2 atom stereocenters. The van der Waals surface area contributed by atoms with E-state index in [0.717, 1.165) is 19.3 Å². The molecule has 7 nitrogen and oxygen atoms in total. The Labute approximate surface area is 173 Å². The molecule has 1 aromatic rings. The third kappa shape index (κ3) is 6.72. The molecule has 162 valence electrons. The zero-order valence-corrected chi connectivity index (χ0v) is 18.1. The first-order valence-electron chi connectivity index (χ1n) is 10.3. The molecule has 0 bridgehead atoms. The van der Waals surface area contributed by atoms with Gasteiger partial charge in [-0.15, -0.1) is 0 Å². The van der Waals surface area contributed by atoms with Crippen LogP contribution in [0.4, 0.5) is 0 Å². The van der Waals surface area contributed by atoms with Crippen LogP contribution in [0, 0.1) is 0 Å². The van der Waals surface area contributed by atoms with Gasteiger partial charge in [0.25, 0.3) is 11.8 Å². The maximum absolute atomic E-state index is 12.7. The number of carbonyl (C=O) groups excluding carboxylic acids is 2. The molecular weight excluding hydrogens is 372 g/mol. The van der Waals surface area contributed by atoms with Crippen molar-refractivity contribution in [2.75, 3.05) is 47.1 Å². The van der Waals surface area contributed by atoms with Gasteiger partial charge in [0.05, 0.1) is 13.2 Å². The summed E-state index contributed by atoms with van der Waals surface area (Å²) in [6, 6.07) is 7.41. The molecule has 7 heteroatoms. The minimum Gasteiger partial charge on any atom is -0.484 e. The van der Waals surface area contributed by atoms with Crippen molar-refractivity contribution in [3.05, 3.63) is 29.8 Å². The summed E-state index contributed by atoms with van der Waals surface area (Å²) < 4.78 is 15.9. The van der Waals surface area contributed by atoms with Crippen LogP contribution in [-0.2, 0) is 14.3 Å².